The lowest BCUT2D eigenvalue weighted by molar-refractivity contribution is -0.573. The summed E-state index contributed by atoms with van der Waals surface area (Å²) in [7, 11) is 0. The van der Waals surface area contributed by atoms with Gasteiger partial charge in [0.25, 0.3) is 0 Å². The zero-order valence-electron chi connectivity index (χ0n) is 12.1. The van der Waals surface area contributed by atoms with E-state index in [0.29, 0.717) is 32.1 Å². The van der Waals surface area contributed by atoms with Gasteiger partial charge in [0, 0.05) is 31.1 Å². The van der Waals surface area contributed by atoms with Gasteiger partial charge in [0.1, 0.15) is 5.78 Å². The van der Waals surface area contributed by atoms with Crippen LogP contribution in [0.5, 0.6) is 0 Å². The molecule has 5 heteroatoms. The lowest BCUT2D eigenvalue weighted by Gasteiger charge is -2.43. The molecule has 0 radical (unpaired) electrons. The number of carbonyl (C=O) groups is 1. The van der Waals surface area contributed by atoms with Crippen molar-refractivity contribution in [3.8, 4) is 0 Å². The lowest BCUT2D eigenvalue weighted by atomic mass is 9.64. The molecule has 5 nitrogen and oxygen atoms in total. The number of Topliss-reactive ketones (excluding diaryl/α,β-unsaturated/α-hetero) is 1. The lowest BCUT2D eigenvalue weighted by Crippen LogP contribution is -2.54. The molecule has 19 heavy (non-hydrogen) atoms. The van der Waals surface area contributed by atoms with Crippen molar-refractivity contribution in [2.24, 2.45) is 5.92 Å². The Morgan fingerprint density at radius 3 is 2.47 bits per heavy atom. The van der Waals surface area contributed by atoms with E-state index < -0.39 is 17.1 Å². The highest BCUT2D eigenvalue weighted by atomic mass is 16.6. The number of ketones is 1. The van der Waals surface area contributed by atoms with Gasteiger partial charge in [-0.15, -0.1) is 0 Å². The summed E-state index contributed by atoms with van der Waals surface area (Å²) in [6.45, 7) is 5.46. The van der Waals surface area contributed by atoms with E-state index in [1.54, 1.807) is 6.92 Å². The molecule has 0 aromatic rings. The first kappa shape index (κ1) is 16.1. The average molecular weight is 271 g/mol. The first-order chi connectivity index (χ1) is 8.79. The van der Waals surface area contributed by atoms with E-state index >= 15 is 0 Å². The van der Waals surface area contributed by atoms with Crippen molar-refractivity contribution in [1.82, 2.24) is 0 Å². The molecule has 1 aliphatic carbocycles. The van der Waals surface area contributed by atoms with Crippen molar-refractivity contribution in [3.05, 3.63) is 10.1 Å². The maximum absolute atomic E-state index is 12.2. The third-order valence-electron chi connectivity index (χ3n) is 4.40. The van der Waals surface area contributed by atoms with Crippen molar-refractivity contribution >= 4 is 5.78 Å². The van der Waals surface area contributed by atoms with E-state index in [4.69, 9.17) is 0 Å². The van der Waals surface area contributed by atoms with Crippen molar-refractivity contribution in [1.29, 1.82) is 0 Å². The molecule has 1 saturated carbocycles. The molecule has 0 bridgehead atoms. The molecule has 0 saturated heterocycles. The molecule has 0 aliphatic heterocycles. The van der Waals surface area contributed by atoms with Gasteiger partial charge >= 0.3 is 0 Å². The topological polar surface area (TPSA) is 80.4 Å². The SMILES string of the molecule is CCCC(=O)[C@H]1C[C@](C)([N+](=O)[O-])CC[C@]1(O)CCC. The molecular formula is C14H25NO4. The van der Waals surface area contributed by atoms with Crippen LogP contribution in [0.4, 0.5) is 0 Å². The second-order valence-corrected chi connectivity index (χ2v) is 6.08. The van der Waals surface area contributed by atoms with E-state index in [1.165, 1.54) is 0 Å². The molecule has 0 spiro atoms. The molecule has 110 valence electrons. The monoisotopic (exact) mass is 271 g/mol. The Labute approximate surface area is 114 Å². The molecule has 0 aromatic carbocycles. The molecular weight excluding hydrogens is 246 g/mol. The summed E-state index contributed by atoms with van der Waals surface area (Å²) in [6.07, 6.45) is 3.28. The highest BCUT2D eigenvalue weighted by molar-refractivity contribution is 5.82. The van der Waals surface area contributed by atoms with Crippen molar-refractivity contribution in [2.75, 3.05) is 0 Å². The zero-order valence-corrected chi connectivity index (χ0v) is 12.1. The predicted molar refractivity (Wildman–Crippen MR) is 72.5 cm³/mol. The summed E-state index contributed by atoms with van der Waals surface area (Å²) in [5, 5.41) is 21.9. The van der Waals surface area contributed by atoms with Crippen LogP contribution in [-0.4, -0.2) is 27.0 Å². The molecule has 0 unspecified atom stereocenters. The van der Waals surface area contributed by atoms with Crippen LogP contribution in [0.1, 0.15) is 65.7 Å². The van der Waals surface area contributed by atoms with Gasteiger partial charge in [0.2, 0.25) is 5.54 Å². The number of hydrogen-bond donors (Lipinski definition) is 1. The van der Waals surface area contributed by atoms with Crippen LogP contribution in [0.2, 0.25) is 0 Å². The summed E-state index contributed by atoms with van der Waals surface area (Å²) >= 11 is 0. The molecule has 1 rings (SSSR count). The van der Waals surface area contributed by atoms with Gasteiger partial charge in [-0.25, -0.2) is 0 Å². The third kappa shape index (κ3) is 3.32. The maximum Gasteiger partial charge on any atom is 0.220 e. The molecule has 0 amide bonds. The first-order valence-electron chi connectivity index (χ1n) is 7.18. The Morgan fingerprint density at radius 1 is 1.37 bits per heavy atom. The second-order valence-electron chi connectivity index (χ2n) is 6.08. The normalized spacial score (nSPS) is 35.1. The van der Waals surface area contributed by atoms with Crippen LogP contribution >= 0.6 is 0 Å². The van der Waals surface area contributed by atoms with Gasteiger partial charge in [0.05, 0.1) is 11.5 Å². The number of nitro groups is 1. The predicted octanol–water partition coefficient (Wildman–Crippen LogP) is 2.72. The van der Waals surface area contributed by atoms with Gasteiger partial charge in [-0.2, -0.15) is 0 Å². The summed E-state index contributed by atoms with van der Waals surface area (Å²) in [5.41, 5.74) is -2.12. The Hall–Kier alpha value is -0.970. The summed E-state index contributed by atoms with van der Waals surface area (Å²) in [4.78, 5) is 23.1. The minimum absolute atomic E-state index is 0.0220. The quantitative estimate of drug-likeness (QED) is 0.595. The van der Waals surface area contributed by atoms with Gasteiger partial charge in [-0.1, -0.05) is 20.3 Å². The van der Waals surface area contributed by atoms with Crippen LogP contribution in [0.3, 0.4) is 0 Å². The smallest absolute Gasteiger partial charge is 0.220 e. The second kappa shape index (κ2) is 5.99. The van der Waals surface area contributed by atoms with E-state index in [-0.39, 0.29) is 17.1 Å². The van der Waals surface area contributed by atoms with Crippen molar-refractivity contribution < 1.29 is 14.8 Å². The number of rotatable bonds is 6. The van der Waals surface area contributed by atoms with Crippen molar-refractivity contribution in [2.45, 2.75) is 76.9 Å². The highest BCUT2D eigenvalue weighted by Crippen LogP contribution is 2.44. The number of aliphatic hydroxyl groups is 1. The van der Waals surface area contributed by atoms with Gasteiger partial charge in [0.15, 0.2) is 0 Å². The average Bonchev–Trinajstić information content (AvgIpc) is 2.33. The Bertz CT molecular complexity index is 357. The minimum atomic E-state index is -1.08. The Kier molecular flexibility index (Phi) is 5.07. The van der Waals surface area contributed by atoms with Gasteiger partial charge in [-0.05, 0) is 19.3 Å². The van der Waals surface area contributed by atoms with Crippen LogP contribution in [0.25, 0.3) is 0 Å². The van der Waals surface area contributed by atoms with Crippen LogP contribution in [0.15, 0.2) is 0 Å². The first-order valence-corrected chi connectivity index (χ1v) is 7.18. The molecule has 1 aliphatic rings. The van der Waals surface area contributed by atoms with E-state index in [1.807, 2.05) is 13.8 Å². The maximum atomic E-state index is 12.2. The molecule has 1 N–H and O–H groups in total. The van der Waals surface area contributed by atoms with E-state index in [9.17, 15) is 20.0 Å². The van der Waals surface area contributed by atoms with E-state index in [0.717, 1.165) is 6.42 Å². The van der Waals surface area contributed by atoms with Crippen LogP contribution < -0.4 is 0 Å². The summed E-state index contributed by atoms with van der Waals surface area (Å²) < 4.78 is 0. The number of nitrogens with zero attached hydrogens (tertiary/aromatic N) is 1. The van der Waals surface area contributed by atoms with Crippen molar-refractivity contribution in [3.63, 3.8) is 0 Å². The largest absolute Gasteiger partial charge is 0.389 e. The summed E-state index contributed by atoms with van der Waals surface area (Å²) in [6, 6.07) is 0. The highest BCUT2D eigenvalue weighted by Gasteiger charge is 2.54. The summed E-state index contributed by atoms with van der Waals surface area (Å²) in [5.74, 6) is -0.609. The number of hydrogen-bond acceptors (Lipinski definition) is 4. The van der Waals surface area contributed by atoms with Crippen LogP contribution in [-0.2, 0) is 4.79 Å². The van der Waals surface area contributed by atoms with Gasteiger partial charge < -0.3 is 5.11 Å². The zero-order chi connectivity index (χ0) is 14.7. The Balaban J connectivity index is 2.98. The van der Waals surface area contributed by atoms with Crippen LogP contribution in [0, 0.1) is 16.0 Å². The fourth-order valence-electron chi connectivity index (χ4n) is 3.12. The Morgan fingerprint density at radius 2 is 2.00 bits per heavy atom. The third-order valence-corrected chi connectivity index (χ3v) is 4.40. The fraction of sp³-hybridized carbons (Fsp3) is 0.929. The number of carbonyl (C=O) groups excluding carboxylic acids is 1. The molecule has 0 heterocycles. The molecule has 1 fully saturated rings. The standard InChI is InChI=1S/C14H25NO4/c1-4-6-12(16)11-10-13(3,15(18)19)8-9-14(11,17)7-5-2/h11,17H,4-10H2,1-3H3/t11-,13-,14-/m1/s1. The fourth-order valence-corrected chi connectivity index (χ4v) is 3.12. The minimum Gasteiger partial charge on any atom is -0.389 e. The van der Waals surface area contributed by atoms with Gasteiger partial charge in [-0.3, -0.25) is 14.9 Å². The molecule has 0 aromatic heterocycles. The van der Waals surface area contributed by atoms with E-state index in [2.05, 4.69) is 0 Å². The molecule has 3 atom stereocenters.